The summed E-state index contributed by atoms with van der Waals surface area (Å²) in [5.74, 6) is 1.38. The highest BCUT2D eigenvalue weighted by Gasteiger charge is 2.39. The van der Waals surface area contributed by atoms with Gasteiger partial charge in [-0.25, -0.2) is 0 Å². The van der Waals surface area contributed by atoms with Gasteiger partial charge < -0.3 is 9.47 Å². The summed E-state index contributed by atoms with van der Waals surface area (Å²) in [5.41, 5.74) is 4.23. The number of methoxy groups -OCH3 is 2. The van der Waals surface area contributed by atoms with Crippen LogP contribution < -0.4 is 9.47 Å². The van der Waals surface area contributed by atoms with Gasteiger partial charge >= 0.3 is 0 Å². The fourth-order valence-corrected chi connectivity index (χ4v) is 4.33. The van der Waals surface area contributed by atoms with E-state index in [1.54, 1.807) is 26.4 Å². The highest BCUT2D eigenvalue weighted by molar-refractivity contribution is 8.04. The number of benzene rings is 2. The summed E-state index contributed by atoms with van der Waals surface area (Å²) in [6.07, 6.45) is 0. The molecule has 2 amide bonds. The molecule has 0 fully saturated rings. The van der Waals surface area contributed by atoms with E-state index in [9.17, 15) is 9.59 Å². The first-order chi connectivity index (χ1) is 13.9. The zero-order valence-electron chi connectivity index (χ0n) is 17.4. The number of rotatable bonds is 7. The highest BCUT2D eigenvalue weighted by atomic mass is 32.2. The van der Waals surface area contributed by atoms with Gasteiger partial charge in [-0.1, -0.05) is 36.8 Å². The van der Waals surface area contributed by atoms with Gasteiger partial charge in [0.2, 0.25) is 0 Å². The minimum Gasteiger partial charge on any atom is -0.493 e. The number of thioether (sulfide) groups is 1. The van der Waals surface area contributed by atoms with E-state index >= 15 is 0 Å². The van der Waals surface area contributed by atoms with Crippen LogP contribution in [0.4, 0.5) is 0 Å². The molecule has 5 nitrogen and oxygen atoms in total. The van der Waals surface area contributed by atoms with Crippen LogP contribution in [0, 0.1) is 13.8 Å². The Morgan fingerprint density at radius 2 is 1.66 bits per heavy atom. The van der Waals surface area contributed by atoms with E-state index in [0.717, 1.165) is 22.3 Å². The molecule has 2 aromatic carbocycles. The molecule has 152 valence electrons. The van der Waals surface area contributed by atoms with Crippen LogP contribution in [0.2, 0.25) is 0 Å². The molecule has 0 radical (unpaired) electrons. The fraction of sp³-hybridized carbons (Fsp3) is 0.304. The SMILES string of the molecule is CCSC1=C(c2ccc(C)cc2C)C(=O)N(Cc2ccc(OC)c(OC)c2)C1=O. The number of carbonyl (C=O) groups excluding carboxylic acids is 2. The lowest BCUT2D eigenvalue weighted by Crippen LogP contribution is -2.31. The average molecular weight is 412 g/mol. The van der Waals surface area contributed by atoms with Crippen molar-refractivity contribution < 1.29 is 19.1 Å². The minimum absolute atomic E-state index is 0.181. The largest absolute Gasteiger partial charge is 0.493 e. The van der Waals surface area contributed by atoms with Gasteiger partial charge in [0.05, 0.1) is 31.2 Å². The molecule has 0 bridgehead atoms. The molecule has 0 saturated heterocycles. The van der Waals surface area contributed by atoms with Crippen molar-refractivity contribution in [2.45, 2.75) is 27.3 Å². The maximum atomic E-state index is 13.3. The van der Waals surface area contributed by atoms with Crippen LogP contribution in [0.3, 0.4) is 0 Å². The second kappa shape index (κ2) is 8.74. The first kappa shape index (κ1) is 21.0. The molecule has 0 aromatic heterocycles. The van der Waals surface area contributed by atoms with Gasteiger partial charge in [-0.3, -0.25) is 14.5 Å². The topological polar surface area (TPSA) is 55.8 Å². The van der Waals surface area contributed by atoms with Crippen molar-refractivity contribution >= 4 is 29.1 Å². The van der Waals surface area contributed by atoms with Crippen LogP contribution in [-0.2, 0) is 16.1 Å². The third kappa shape index (κ3) is 4.03. The second-order valence-electron chi connectivity index (χ2n) is 6.84. The number of aryl methyl sites for hydroxylation is 2. The predicted molar refractivity (Wildman–Crippen MR) is 116 cm³/mol. The standard InChI is InChI=1S/C23H25NO4S/c1-6-29-21-20(17-9-7-14(2)11-15(17)3)22(25)24(23(21)26)13-16-8-10-18(27-4)19(12-16)28-5/h7-12H,6,13H2,1-5H3. The van der Waals surface area contributed by atoms with Crippen molar-refractivity contribution in [1.82, 2.24) is 4.90 Å². The van der Waals surface area contributed by atoms with E-state index in [1.165, 1.54) is 16.7 Å². The zero-order chi connectivity index (χ0) is 21.1. The summed E-state index contributed by atoms with van der Waals surface area (Å²) < 4.78 is 10.6. The molecular formula is C23H25NO4S. The number of hydrogen-bond acceptors (Lipinski definition) is 5. The lowest BCUT2D eigenvalue weighted by Gasteiger charge is -2.17. The van der Waals surface area contributed by atoms with Gasteiger partial charge in [-0.15, -0.1) is 11.8 Å². The number of hydrogen-bond donors (Lipinski definition) is 0. The van der Waals surface area contributed by atoms with E-state index in [0.29, 0.717) is 27.7 Å². The van der Waals surface area contributed by atoms with Crippen molar-refractivity contribution in [3.8, 4) is 11.5 Å². The Hall–Kier alpha value is -2.73. The monoisotopic (exact) mass is 411 g/mol. The number of ether oxygens (including phenoxy) is 2. The Labute approximate surface area is 175 Å². The molecule has 6 heteroatoms. The second-order valence-corrected chi connectivity index (χ2v) is 8.12. The molecular weight excluding hydrogens is 386 g/mol. The molecule has 0 aliphatic carbocycles. The minimum atomic E-state index is -0.257. The third-order valence-corrected chi connectivity index (χ3v) is 5.81. The lowest BCUT2D eigenvalue weighted by molar-refractivity contribution is -0.137. The average Bonchev–Trinajstić information content (AvgIpc) is 2.93. The number of amides is 2. The fourth-order valence-electron chi connectivity index (χ4n) is 3.47. The van der Waals surface area contributed by atoms with Gasteiger partial charge in [0.25, 0.3) is 11.8 Å². The summed E-state index contributed by atoms with van der Waals surface area (Å²) in [4.78, 5) is 28.3. The Kier molecular flexibility index (Phi) is 6.33. The van der Waals surface area contributed by atoms with Crippen LogP contribution in [0.25, 0.3) is 5.57 Å². The molecule has 1 heterocycles. The summed E-state index contributed by atoms with van der Waals surface area (Å²) in [7, 11) is 3.13. The first-order valence-corrected chi connectivity index (χ1v) is 10.4. The predicted octanol–water partition coefficient (Wildman–Crippen LogP) is 4.35. The quantitative estimate of drug-likeness (QED) is 0.634. The van der Waals surface area contributed by atoms with Gasteiger partial charge in [0.1, 0.15) is 0 Å². The van der Waals surface area contributed by atoms with Gasteiger partial charge in [-0.05, 0) is 48.4 Å². The summed E-state index contributed by atoms with van der Waals surface area (Å²) in [5, 5.41) is 0. The Morgan fingerprint density at radius 1 is 0.931 bits per heavy atom. The van der Waals surface area contributed by atoms with Gasteiger partial charge in [0, 0.05) is 0 Å². The van der Waals surface area contributed by atoms with E-state index in [4.69, 9.17) is 9.47 Å². The van der Waals surface area contributed by atoms with Crippen LogP contribution >= 0.6 is 11.8 Å². The van der Waals surface area contributed by atoms with Crippen molar-refractivity contribution in [3.05, 3.63) is 63.6 Å². The van der Waals surface area contributed by atoms with Crippen LogP contribution in [0.5, 0.6) is 11.5 Å². The summed E-state index contributed by atoms with van der Waals surface area (Å²) in [6, 6.07) is 11.3. The van der Waals surface area contributed by atoms with Crippen molar-refractivity contribution in [3.63, 3.8) is 0 Å². The Morgan fingerprint density at radius 3 is 2.28 bits per heavy atom. The van der Waals surface area contributed by atoms with Gasteiger partial charge in [-0.2, -0.15) is 0 Å². The maximum Gasteiger partial charge on any atom is 0.268 e. The summed E-state index contributed by atoms with van der Waals surface area (Å²) >= 11 is 1.42. The van der Waals surface area contributed by atoms with E-state index < -0.39 is 0 Å². The van der Waals surface area contributed by atoms with Crippen molar-refractivity contribution in [1.29, 1.82) is 0 Å². The van der Waals surface area contributed by atoms with E-state index in [2.05, 4.69) is 0 Å². The Balaban J connectivity index is 1.98. The van der Waals surface area contributed by atoms with Crippen LogP contribution in [0.15, 0.2) is 41.3 Å². The maximum absolute atomic E-state index is 13.3. The molecule has 0 spiro atoms. The van der Waals surface area contributed by atoms with Crippen LogP contribution in [0.1, 0.15) is 29.2 Å². The number of carbonyl (C=O) groups is 2. The number of nitrogens with zero attached hydrogens (tertiary/aromatic N) is 1. The first-order valence-electron chi connectivity index (χ1n) is 9.43. The van der Waals surface area contributed by atoms with E-state index in [1.807, 2.05) is 45.0 Å². The molecule has 29 heavy (non-hydrogen) atoms. The lowest BCUT2D eigenvalue weighted by atomic mass is 9.99. The molecule has 1 aliphatic rings. The zero-order valence-corrected chi connectivity index (χ0v) is 18.2. The summed E-state index contributed by atoms with van der Waals surface area (Å²) in [6.45, 7) is 6.14. The molecule has 0 unspecified atom stereocenters. The molecule has 0 atom stereocenters. The molecule has 0 saturated carbocycles. The highest BCUT2D eigenvalue weighted by Crippen LogP contribution is 2.38. The molecule has 3 rings (SSSR count). The third-order valence-electron chi connectivity index (χ3n) is 4.85. The number of imide groups is 1. The smallest absolute Gasteiger partial charge is 0.268 e. The van der Waals surface area contributed by atoms with Crippen molar-refractivity contribution in [2.75, 3.05) is 20.0 Å². The Bertz CT molecular complexity index is 996. The molecule has 0 N–H and O–H groups in total. The van der Waals surface area contributed by atoms with Gasteiger partial charge in [0.15, 0.2) is 11.5 Å². The van der Waals surface area contributed by atoms with E-state index in [-0.39, 0.29) is 18.4 Å². The van der Waals surface area contributed by atoms with Crippen LogP contribution in [-0.4, -0.2) is 36.7 Å². The molecule has 2 aromatic rings. The van der Waals surface area contributed by atoms with Crippen molar-refractivity contribution in [2.24, 2.45) is 0 Å². The normalized spacial score (nSPS) is 14.0. The molecule has 1 aliphatic heterocycles.